The number of carbonyl (C=O) groups excluding carboxylic acids is 1. The van der Waals surface area contributed by atoms with E-state index in [-0.39, 0.29) is 30.0 Å². The second-order valence-corrected chi connectivity index (χ2v) is 11.7. The molecule has 0 bridgehead atoms. The van der Waals surface area contributed by atoms with Crippen molar-refractivity contribution in [2.24, 2.45) is 0 Å². The number of esters is 1. The third-order valence-corrected chi connectivity index (χ3v) is 8.43. The summed E-state index contributed by atoms with van der Waals surface area (Å²) < 4.78 is 38.8. The topological polar surface area (TPSA) is 113 Å². The highest BCUT2D eigenvalue weighted by molar-refractivity contribution is 7.93. The summed E-state index contributed by atoms with van der Waals surface area (Å²) in [5, 5.41) is 9.40. The van der Waals surface area contributed by atoms with Gasteiger partial charge in [-0.05, 0) is 55.0 Å². The Kier molecular flexibility index (Phi) is 10.2. The molecule has 0 aliphatic carbocycles. The van der Waals surface area contributed by atoms with Crippen LogP contribution in [0, 0.1) is 11.3 Å². The lowest BCUT2D eigenvalue weighted by Crippen LogP contribution is -2.38. The number of anilines is 2. The fourth-order valence-electron chi connectivity index (χ4n) is 4.51. The maximum Gasteiger partial charge on any atom is 0.323 e. The Bertz CT molecular complexity index is 1520. The minimum Gasteiger partial charge on any atom is -0.489 e. The molecule has 1 fully saturated rings. The van der Waals surface area contributed by atoms with Crippen molar-refractivity contribution < 1.29 is 22.7 Å². The van der Waals surface area contributed by atoms with E-state index in [9.17, 15) is 13.2 Å². The van der Waals surface area contributed by atoms with Crippen molar-refractivity contribution in [2.45, 2.75) is 25.9 Å². The summed E-state index contributed by atoms with van der Waals surface area (Å²) in [5.41, 5.74) is 2.64. The molecule has 0 atom stereocenters. The van der Waals surface area contributed by atoms with Crippen LogP contribution < -0.4 is 13.9 Å². The molecule has 0 spiro atoms. The lowest BCUT2D eigenvalue weighted by atomic mass is 10.1. The molecule has 1 aliphatic rings. The number of carbonyl (C=O) groups is 1. The molecule has 41 heavy (non-hydrogen) atoms. The quantitative estimate of drug-likeness (QED) is 0.283. The second-order valence-electron chi connectivity index (χ2n) is 9.36. The second kappa shape index (κ2) is 14.0. The molecular formula is C30H31ClN4O5S. The number of aromatic nitrogens is 1. The summed E-state index contributed by atoms with van der Waals surface area (Å²) in [6.45, 7) is 3.27. The zero-order chi connectivity index (χ0) is 29.2. The molecule has 214 valence electrons. The summed E-state index contributed by atoms with van der Waals surface area (Å²) in [4.78, 5) is 18.4. The van der Waals surface area contributed by atoms with Crippen LogP contribution in [0.25, 0.3) is 6.08 Å². The highest BCUT2D eigenvalue weighted by Gasteiger charge is 2.27. The number of hydrogen-bond acceptors (Lipinski definition) is 8. The highest BCUT2D eigenvalue weighted by Crippen LogP contribution is 2.33. The molecule has 1 aromatic heterocycles. The van der Waals surface area contributed by atoms with Gasteiger partial charge >= 0.3 is 5.97 Å². The van der Waals surface area contributed by atoms with Crippen LogP contribution in [0.3, 0.4) is 0 Å². The van der Waals surface area contributed by atoms with Gasteiger partial charge in [0.25, 0.3) is 0 Å². The summed E-state index contributed by atoms with van der Waals surface area (Å²) >= 11 is 6.58. The van der Waals surface area contributed by atoms with Crippen molar-refractivity contribution in [2.75, 3.05) is 41.2 Å². The van der Waals surface area contributed by atoms with E-state index in [1.165, 1.54) is 6.07 Å². The molecule has 2 heterocycles. The maximum atomic E-state index is 13.3. The smallest absolute Gasteiger partial charge is 0.323 e. The van der Waals surface area contributed by atoms with Gasteiger partial charge in [-0.15, -0.1) is 0 Å². The van der Waals surface area contributed by atoms with Crippen molar-refractivity contribution >= 4 is 45.0 Å². The summed E-state index contributed by atoms with van der Waals surface area (Å²) in [6, 6.07) is 17.8. The first kappa shape index (κ1) is 29.9. The fourth-order valence-corrected chi connectivity index (χ4v) is 6.02. The van der Waals surface area contributed by atoms with Crippen molar-refractivity contribution in [1.82, 2.24) is 4.98 Å². The number of hydrogen-bond donors (Lipinski definition) is 0. The Labute approximate surface area is 245 Å². The van der Waals surface area contributed by atoms with E-state index in [0.717, 1.165) is 41.5 Å². The first-order valence-electron chi connectivity index (χ1n) is 13.2. The predicted octanol–water partition coefficient (Wildman–Crippen LogP) is 5.07. The summed E-state index contributed by atoms with van der Waals surface area (Å²) in [7, 11) is -4.11. The number of sulfonamides is 1. The molecule has 3 aromatic rings. The van der Waals surface area contributed by atoms with Gasteiger partial charge in [0.15, 0.2) is 5.75 Å². The number of nitriles is 1. The number of ether oxygens (including phenoxy) is 2. The Morgan fingerprint density at radius 1 is 1.17 bits per heavy atom. The van der Waals surface area contributed by atoms with Gasteiger partial charge in [-0.1, -0.05) is 35.9 Å². The Balaban J connectivity index is 1.49. The predicted molar refractivity (Wildman–Crippen MR) is 160 cm³/mol. The number of rotatable bonds is 11. The monoisotopic (exact) mass is 594 g/mol. The molecule has 0 radical (unpaired) electrons. The number of benzene rings is 2. The SMILES string of the molecule is CCOC(=O)CS(=O)(=O)N(C/C=C/c1cccc(C#N)c1)c1ccc(OC2CCN(c3ccncc3)CC2)c(Cl)c1. The fraction of sp³-hybridized carbons (Fsp3) is 0.300. The third-order valence-electron chi connectivity index (χ3n) is 6.51. The standard InChI is InChI=1S/C30H31ClN4O5S/c1-2-39-30(36)22-41(37,38)35(16-4-7-23-5-3-6-24(19-23)21-32)26-8-9-29(28(31)20-26)40-27-12-17-34(18-13-27)25-10-14-33-15-11-25/h3-11,14-15,19-20,27H,2,12-13,16-18,22H2,1H3/b7-4+. The first-order valence-corrected chi connectivity index (χ1v) is 15.2. The van der Waals surface area contributed by atoms with Gasteiger partial charge in [-0.3, -0.25) is 14.1 Å². The van der Waals surface area contributed by atoms with Gasteiger partial charge in [0.2, 0.25) is 10.0 Å². The van der Waals surface area contributed by atoms with Crippen LogP contribution in [0.1, 0.15) is 30.9 Å². The van der Waals surface area contributed by atoms with Gasteiger partial charge in [-0.25, -0.2) is 8.42 Å². The van der Waals surface area contributed by atoms with E-state index in [1.807, 2.05) is 12.1 Å². The van der Waals surface area contributed by atoms with E-state index in [1.54, 1.807) is 67.9 Å². The number of nitrogens with zero attached hydrogens (tertiary/aromatic N) is 4. The van der Waals surface area contributed by atoms with Gasteiger partial charge in [0, 0.05) is 44.0 Å². The van der Waals surface area contributed by atoms with E-state index in [4.69, 9.17) is 26.3 Å². The number of pyridine rings is 1. The lowest BCUT2D eigenvalue weighted by Gasteiger charge is -2.33. The van der Waals surface area contributed by atoms with E-state index < -0.39 is 21.7 Å². The van der Waals surface area contributed by atoms with Gasteiger partial charge in [-0.2, -0.15) is 5.26 Å². The van der Waals surface area contributed by atoms with Crippen LogP contribution in [0.15, 0.2) is 73.1 Å². The van der Waals surface area contributed by atoms with Crippen molar-refractivity contribution in [1.29, 1.82) is 5.26 Å². The Morgan fingerprint density at radius 3 is 2.61 bits per heavy atom. The van der Waals surface area contributed by atoms with Crippen LogP contribution in [0.2, 0.25) is 5.02 Å². The van der Waals surface area contributed by atoms with Crippen molar-refractivity contribution in [3.8, 4) is 11.8 Å². The van der Waals surface area contributed by atoms with E-state index in [0.29, 0.717) is 11.3 Å². The molecule has 0 saturated carbocycles. The molecule has 11 heteroatoms. The number of halogens is 1. The average molecular weight is 595 g/mol. The highest BCUT2D eigenvalue weighted by atomic mass is 35.5. The third kappa shape index (κ3) is 8.22. The molecule has 2 aromatic carbocycles. The van der Waals surface area contributed by atoms with E-state index >= 15 is 0 Å². The molecule has 1 aliphatic heterocycles. The van der Waals surface area contributed by atoms with E-state index in [2.05, 4.69) is 16.0 Å². The lowest BCUT2D eigenvalue weighted by molar-refractivity contribution is -0.139. The Morgan fingerprint density at radius 2 is 1.93 bits per heavy atom. The van der Waals surface area contributed by atoms with Crippen LogP contribution in [-0.2, 0) is 19.6 Å². The normalized spacial score (nSPS) is 14.0. The molecule has 0 N–H and O–H groups in total. The molecule has 0 amide bonds. The molecular weight excluding hydrogens is 564 g/mol. The number of piperidine rings is 1. The largest absolute Gasteiger partial charge is 0.489 e. The Hall–Kier alpha value is -4.07. The van der Waals surface area contributed by atoms with Gasteiger partial charge < -0.3 is 14.4 Å². The van der Waals surface area contributed by atoms with Crippen molar-refractivity contribution in [3.63, 3.8) is 0 Å². The zero-order valence-electron chi connectivity index (χ0n) is 22.6. The van der Waals surface area contributed by atoms with Crippen LogP contribution in [0.4, 0.5) is 11.4 Å². The van der Waals surface area contributed by atoms with Gasteiger partial charge in [0.1, 0.15) is 11.9 Å². The van der Waals surface area contributed by atoms with Crippen LogP contribution >= 0.6 is 11.6 Å². The molecule has 4 rings (SSSR count). The first-order chi connectivity index (χ1) is 19.8. The molecule has 1 saturated heterocycles. The van der Waals surface area contributed by atoms with Gasteiger partial charge in [0.05, 0.1) is 35.5 Å². The summed E-state index contributed by atoms with van der Waals surface area (Å²) in [6.07, 6.45) is 8.48. The maximum absolute atomic E-state index is 13.3. The van der Waals surface area contributed by atoms with Crippen LogP contribution in [0.5, 0.6) is 5.75 Å². The van der Waals surface area contributed by atoms with Crippen LogP contribution in [-0.4, -0.2) is 57.5 Å². The summed E-state index contributed by atoms with van der Waals surface area (Å²) in [5.74, 6) is -1.19. The molecule has 0 unspecified atom stereocenters. The molecule has 9 nitrogen and oxygen atoms in total. The minimum absolute atomic E-state index is 0.0350. The minimum atomic E-state index is -4.11. The average Bonchev–Trinajstić information content (AvgIpc) is 2.97. The zero-order valence-corrected chi connectivity index (χ0v) is 24.2. The van der Waals surface area contributed by atoms with Crippen molar-refractivity contribution in [3.05, 3.63) is 89.2 Å².